The second-order valence-corrected chi connectivity index (χ2v) is 12.1. The summed E-state index contributed by atoms with van der Waals surface area (Å²) in [5, 5.41) is 69.2. The number of fused-ring (bicyclic) bond motifs is 1. The first-order valence-corrected chi connectivity index (χ1v) is 15.5. The number of β-lactam (4-membered cyclic amide) rings is 1. The van der Waals surface area contributed by atoms with E-state index in [1.165, 1.54) is 28.3 Å². The van der Waals surface area contributed by atoms with Crippen molar-refractivity contribution < 1.29 is 78.7 Å². The molecular formula is C27H21FN9NaO9S2. The van der Waals surface area contributed by atoms with Gasteiger partial charge in [0.05, 0.1) is 18.2 Å². The number of thioether (sulfide) groups is 1. The van der Waals surface area contributed by atoms with Gasteiger partial charge in [0, 0.05) is 22.3 Å². The summed E-state index contributed by atoms with van der Waals surface area (Å²) in [7, 11) is 0. The van der Waals surface area contributed by atoms with Crippen LogP contribution in [0.4, 0.5) is 9.52 Å². The number of hydrogen-bond donors (Lipinski definition) is 6. The van der Waals surface area contributed by atoms with Crippen LogP contribution in [-0.2, 0) is 32.4 Å². The van der Waals surface area contributed by atoms with Crippen LogP contribution < -0.4 is 45.7 Å². The molecule has 0 aliphatic carbocycles. The molecule has 0 spiro atoms. The van der Waals surface area contributed by atoms with Gasteiger partial charge < -0.3 is 46.2 Å². The van der Waals surface area contributed by atoms with Gasteiger partial charge in [-0.05, 0) is 46.3 Å². The molecule has 0 bridgehead atoms. The number of carboxylic acid groups (broad SMARTS) is 1. The zero-order valence-corrected chi connectivity index (χ0v) is 28.6. The number of hydrogen-bond acceptors (Lipinski definition) is 17. The molecule has 7 N–H and O–H groups in total. The van der Waals surface area contributed by atoms with Gasteiger partial charge in [0.1, 0.15) is 23.7 Å². The number of aromatic nitrogens is 5. The molecule has 2 aromatic heterocycles. The number of nitrogens with zero attached hydrogens (tertiary/aromatic N) is 7. The third-order valence-corrected chi connectivity index (χ3v) is 9.18. The molecule has 2 atom stereocenters. The fraction of sp³-hybridized carbons (Fsp3) is 0.185. The normalized spacial score (nSPS) is 17.2. The Morgan fingerprint density at radius 1 is 1.16 bits per heavy atom. The molecule has 2 aliphatic rings. The molecule has 2 aromatic carbocycles. The molecule has 18 nitrogen and oxygen atoms in total. The van der Waals surface area contributed by atoms with E-state index in [9.17, 15) is 44.3 Å². The molecule has 49 heavy (non-hydrogen) atoms. The molecule has 248 valence electrons. The van der Waals surface area contributed by atoms with E-state index >= 15 is 0 Å². The van der Waals surface area contributed by atoms with E-state index in [2.05, 4.69) is 31.0 Å². The minimum Gasteiger partial charge on any atom is -0.543 e. The Bertz CT molecular complexity index is 2040. The number of carboxylic acids is 1. The van der Waals surface area contributed by atoms with Gasteiger partial charge in [0.15, 0.2) is 45.5 Å². The average Bonchev–Trinajstić information content (AvgIpc) is 3.71. The number of halogens is 1. The number of anilines is 1. The molecule has 1 fully saturated rings. The van der Waals surface area contributed by atoms with Crippen molar-refractivity contribution in [2.24, 2.45) is 5.16 Å². The SMILES string of the molecule is Nc1nc(/C(=N/OCc2ccc(O)c(O)c2F)C(=O)N[C@@H]2C(=O)N3C(C(=O)[O-])=C(Cn4nnnc4-c4ccc(O)c(O)c4)CS[C@H]23)cs1.[Na+]. The van der Waals surface area contributed by atoms with Crippen LogP contribution in [0.15, 0.2) is 52.1 Å². The van der Waals surface area contributed by atoms with Gasteiger partial charge in [0.25, 0.3) is 11.8 Å². The molecule has 0 unspecified atom stereocenters. The Hall–Kier alpha value is -4.96. The standard InChI is InChI=1S/C27H22FN9O9S2.Na/c28-17-11(2-4-15(39)21(17)41)7-46-33-18(13-9-48-27(29)30-13)23(42)31-19-24(43)37-20(26(44)45)12(8-47-25(19)37)6-36-22(32-34-35-36)10-1-3-14(38)16(40)5-10;/h1-5,9,19,25,38-41H,6-8H2,(H2,29,30)(H,31,42)(H,44,45);/q;+1/p-1/b33-18-;/t19-,25-;/m1./s1. The monoisotopic (exact) mass is 721 g/mol. The number of nitrogens with one attached hydrogen (secondary N) is 1. The fourth-order valence-corrected chi connectivity index (χ4v) is 6.72. The maximum Gasteiger partial charge on any atom is 1.00 e. The van der Waals surface area contributed by atoms with Crippen LogP contribution in [0.3, 0.4) is 0 Å². The second kappa shape index (κ2) is 14.3. The Morgan fingerprint density at radius 3 is 2.61 bits per heavy atom. The molecule has 22 heteroatoms. The second-order valence-electron chi connectivity index (χ2n) is 10.2. The first kappa shape index (κ1) is 35.3. The molecule has 2 amide bonds. The van der Waals surface area contributed by atoms with Gasteiger partial charge in [-0.2, -0.15) is 0 Å². The first-order valence-electron chi connectivity index (χ1n) is 13.5. The number of tetrazole rings is 1. The molecular weight excluding hydrogens is 700 g/mol. The molecule has 1 saturated heterocycles. The molecule has 4 aromatic rings. The van der Waals surface area contributed by atoms with Crippen LogP contribution in [0.25, 0.3) is 11.4 Å². The summed E-state index contributed by atoms with van der Waals surface area (Å²) in [5.41, 5.74) is 5.19. The number of rotatable bonds is 10. The molecule has 2 aliphatic heterocycles. The summed E-state index contributed by atoms with van der Waals surface area (Å²) < 4.78 is 15.5. The van der Waals surface area contributed by atoms with Crippen molar-refractivity contribution in [1.29, 1.82) is 0 Å². The van der Waals surface area contributed by atoms with Crippen molar-refractivity contribution in [2.45, 2.75) is 24.6 Å². The maximum atomic E-state index is 14.3. The summed E-state index contributed by atoms with van der Waals surface area (Å²) in [6.45, 7) is -0.739. The number of thiazole rings is 1. The number of benzene rings is 2. The summed E-state index contributed by atoms with van der Waals surface area (Å²) in [6, 6.07) is 4.88. The first-order chi connectivity index (χ1) is 22.9. The fourth-order valence-electron chi connectivity index (χ4n) is 4.84. The largest absolute Gasteiger partial charge is 1.00 e. The van der Waals surface area contributed by atoms with E-state index in [-0.39, 0.29) is 75.4 Å². The molecule has 0 radical (unpaired) electrons. The summed E-state index contributed by atoms with van der Waals surface area (Å²) in [4.78, 5) is 49.1. The van der Waals surface area contributed by atoms with Gasteiger partial charge in [0.2, 0.25) is 0 Å². The van der Waals surface area contributed by atoms with Gasteiger partial charge >= 0.3 is 29.6 Å². The van der Waals surface area contributed by atoms with Crippen LogP contribution in [-0.4, -0.2) is 91.2 Å². The van der Waals surface area contributed by atoms with Crippen molar-refractivity contribution in [2.75, 3.05) is 11.5 Å². The van der Waals surface area contributed by atoms with E-state index < -0.39 is 70.3 Å². The minimum atomic E-state index is -1.65. The van der Waals surface area contributed by atoms with Crippen molar-refractivity contribution in [3.8, 4) is 34.4 Å². The number of nitrogens with two attached hydrogens (primary N) is 1. The summed E-state index contributed by atoms with van der Waals surface area (Å²) >= 11 is 2.13. The molecule has 0 saturated carbocycles. The Balaban J connectivity index is 0.00000468. The van der Waals surface area contributed by atoms with Gasteiger partial charge in [-0.1, -0.05) is 5.16 Å². The van der Waals surface area contributed by atoms with Crippen molar-refractivity contribution in [3.05, 3.63) is 64.1 Å². The number of amides is 2. The zero-order chi connectivity index (χ0) is 34.3. The number of nitrogen functional groups attached to an aromatic ring is 1. The summed E-state index contributed by atoms with van der Waals surface area (Å²) in [6.07, 6.45) is 0. The number of phenolic OH excluding ortho intramolecular Hbond substituents is 4. The van der Waals surface area contributed by atoms with Crippen molar-refractivity contribution >= 4 is 51.7 Å². The van der Waals surface area contributed by atoms with Gasteiger partial charge in [-0.3, -0.25) is 14.5 Å². The number of aliphatic carboxylic acids is 1. The molecule has 6 rings (SSSR count). The number of carbonyl (C=O) groups excluding carboxylic acids is 3. The molecule has 4 heterocycles. The third-order valence-electron chi connectivity index (χ3n) is 7.16. The van der Waals surface area contributed by atoms with E-state index in [4.69, 9.17) is 10.6 Å². The average molecular weight is 722 g/mol. The van der Waals surface area contributed by atoms with Crippen LogP contribution in [0.5, 0.6) is 23.0 Å². The Morgan fingerprint density at radius 2 is 1.92 bits per heavy atom. The van der Waals surface area contributed by atoms with Crippen molar-refractivity contribution in [3.63, 3.8) is 0 Å². The smallest absolute Gasteiger partial charge is 0.543 e. The van der Waals surface area contributed by atoms with E-state index in [1.54, 1.807) is 0 Å². The number of oxime groups is 1. The zero-order valence-electron chi connectivity index (χ0n) is 25.0. The van der Waals surface area contributed by atoms with Gasteiger partial charge in [-0.25, -0.2) is 14.1 Å². The topological polar surface area (TPSA) is 275 Å². The van der Waals surface area contributed by atoms with Crippen LogP contribution in [0.2, 0.25) is 0 Å². The van der Waals surface area contributed by atoms with Crippen LogP contribution in [0, 0.1) is 5.82 Å². The Kier molecular flexibility index (Phi) is 10.3. The Labute approximate surface area is 304 Å². The predicted octanol–water partition coefficient (Wildman–Crippen LogP) is -3.63. The maximum absolute atomic E-state index is 14.3. The predicted molar refractivity (Wildman–Crippen MR) is 161 cm³/mol. The number of phenols is 4. The quantitative estimate of drug-likeness (QED) is 0.0303. The van der Waals surface area contributed by atoms with Gasteiger partial charge in [-0.15, -0.1) is 28.2 Å². The number of aromatic hydroxyl groups is 4. The van der Waals surface area contributed by atoms with Crippen LogP contribution in [0.1, 0.15) is 11.3 Å². The number of carbonyl (C=O) groups is 3. The third kappa shape index (κ3) is 6.83. The van der Waals surface area contributed by atoms with E-state index in [0.717, 1.165) is 40.1 Å². The minimum absolute atomic E-state index is 0. The van der Waals surface area contributed by atoms with Crippen LogP contribution >= 0.6 is 23.1 Å². The van der Waals surface area contributed by atoms with E-state index in [1.807, 2.05) is 0 Å². The summed E-state index contributed by atoms with van der Waals surface area (Å²) in [5.74, 6) is -6.75. The van der Waals surface area contributed by atoms with Crippen molar-refractivity contribution in [1.82, 2.24) is 35.4 Å². The van der Waals surface area contributed by atoms with E-state index in [0.29, 0.717) is 5.56 Å².